The highest BCUT2D eigenvalue weighted by Crippen LogP contribution is 2.24. The van der Waals surface area contributed by atoms with Gasteiger partial charge in [0.2, 0.25) is 0 Å². The van der Waals surface area contributed by atoms with Crippen LogP contribution in [-0.2, 0) is 9.53 Å². The summed E-state index contributed by atoms with van der Waals surface area (Å²) in [4.78, 5) is 24.4. The van der Waals surface area contributed by atoms with E-state index in [0.717, 1.165) is 19.1 Å². The average Bonchev–Trinajstić information content (AvgIpc) is 2.25. The summed E-state index contributed by atoms with van der Waals surface area (Å²) in [5.74, 6) is 2.55. The van der Waals surface area contributed by atoms with Crippen molar-refractivity contribution in [2.45, 2.75) is 57.7 Å². The second-order valence-corrected chi connectivity index (χ2v) is 5.20. The lowest BCUT2D eigenvalue weighted by Crippen LogP contribution is -2.51. The number of likely N-dealkylation sites (tertiary alicyclic amines) is 1. The standard InChI is InChI=1S/C13H19NO3/c1-5-10-7-6-8-11(9-15)14(10)12(16)17-13(2,3)4/h1,9-11H,6-8H2,2-4H3/t10-,11+/m0/s1. The summed E-state index contributed by atoms with van der Waals surface area (Å²) < 4.78 is 5.27. The molecule has 94 valence electrons. The van der Waals surface area contributed by atoms with Crippen molar-refractivity contribution in [2.24, 2.45) is 0 Å². The number of hydrogen-bond donors (Lipinski definition) is 0. The average molecular weight is 237 g/mol. The van der Waals surface area contributed by atoms with E-state index < -0.39 is 17.7 Å². The van der Waals surface area contributed by atoms with Crippen LogP contribution in [0.15, 0.2) is 0 Å². The van der Waals surface area contributed by atoms with Crippen LogP contribution in [0.25, 0.3) is 0 Å². The molecule has 0 radical (unpaired) electrons. The van der Waals surface area contributed by atoms with Crippen molar-refractivity contribution in [3.8, 4) is 12.3 Å². The van der Waals surface area contributed by atoms with Crippen LogP contribution in [0, 0.1) is 12.3 Å². The molecule has 0 N–H and O–H groups in total. The van der Waals surface area contributed by atoms with Gasteiger partial charge in [-0.05, 0) is 40.0 Å². The molecule has 0 unspecified atom stereocenters. The monoisotopic (exact) mass is 237 g/mol. The molecule has 0 bridgehead atoms. The summed E-state index contributed by atoms with van der Waals surface area (Å²) in [7, 11) is 0. The molecule has 4 heteroatoms. The summed E-state index contributed by atoms with van der Waals surface area (Å²) in [6.45, 7) is 5.36. The van der Waals surface area contributed by atoms with Crippen LogP contribution < -0.4 is 0 Å². The smallest absolute Gasteiger partial charge is 0.411 e. The van der Waals surface area contributed by atoms with Gasteiger partial charge in [0.25, 0.3) is 0 Å². The minimum atomic E-state index is -0.582. The van der Waals surface area contributed by atoms with E-state index in [1.807, 2.05) is 0 Å². The molecule has 0 aliphatic carbocycles. The molecule has 1 saturated heterocycles. The second-order valence-electron chi connectivity index (χ2n) is 5.20. The number of hydrogen-bond acceptors (Lipinski definition) is 3. The minimum absolute atomic E-state index is 0.339. The van der Waals surface area contributed by atoms with Crippen LogP contribution in [-0.4, -0.2) is 35.0 Å². The molecule has 1 heterocycles. The number of amides is 1. The Balaban J connectivity index is 2.84. The summed E-state index contributed by atoms with van der Waals surface area (Å²) >= 11 is 0. The number of terminal acetylenes is 1. The van der Waals surface area contributed by atoms with Gasteiger partial charge in [-0.2, -0.15) is 0 Å². The van der Waals surface area contributed by atoms with Crippen LogP contribution in [0.1, 0.15) is 40.0 Å². The molecule has 0 saturated carbocycles. The molecule has 0 aromatic rings. The number of carbonyl (C=O) groups excluding carboxylic acids is 2. The topological polar surface area (TPSA) is 46.6 Å². The lowest BCUT2D eigenvalue weighted by Gasteiger charge is -2.37. The molecule has 1 amide bonds. The van der Waals surface area contributed by atoms with E-state index in [1.54, 1.807) is 20.8 Å². The number of piperidine rings is 1. The number of carbonyl (C=O) groups is 2. The van der Waals surface area contributed by atoms with E-state index in [4.69, 9.17) is 11.2 Å². The Morgan fingerprint density at radius 2 is 2.12 bits per heavy atom. The third-order valence-corrected chi connectivity index (χ3v) is 2.62. The van der Waals surface area contributed by atoms with Gasteiger partial charge in [-0.15, -0.1) is 6.42 Å². The van der Waals surface area contributed by atoms with Crippen molar-refractivity contribution in [1.82, 2.24) is 4.90 Å². The first-order valence-electron chi connectivity index (χ1n) is 5.82. The molecule has 0 aromatic heterocycles. The highest BCUT2D eigenvalue weighted by atomic mass is 16.6. The maximum Gasteiger partial charge on any atom is 0.411 e. The molecule has 4 nitrogen and oxygen atoms in total. The summed E-state index contributed by atoms with van der Waals surface area (Å²) in [6, 6.07) is -0.798. The lowest BCUT2D eigenvalue weighted by molar-refractivity contribution is -0.114. The predicted molar refractivity (Wildman–Crippen MR) is 64.4 cm³/mol. The van der Waals surface area contributed by atoms with Crippen LogP contribution >= 0.6 is 0 Å². The van der Waals surface area contributed by atoms with Crippen LogP contribution in [0.5, 0.6) is 0 Å². The van der Waals surface area contributed by atoms with Crippen LogP contribution in [0.2, 0.25) is 0 Å². The maximum atomic E-state index is 12.0. The third-order valence-electron chi connectivity index (χ3n) is 2.62. The maximum absolute atomic E-state index is 12.0. The minimum Gasteiger partial charge on any atom is -0.444 e. The van der Waals surface area contributed by atoms with E-state index in [0.29, 0.717) is 6.42 Å². The van der Waals surface area contributed by atoms with Crippen molar-refractivity contribution in [2.75, 3.05) is 0 Å². The van der Waals surface area contributed by atoms with E-state index in [-0.39, 0.29) is 6.04 Å². The Labute approximate surface area is 102 Å². The van der Waals surface area contributed by atoms with Crippen LogP contribution in [0.4, 0.5) is 4.79 Å². The zero-order valence-electron chi connectivity index (χ0n) is 10.6. The largest absolute Gasteiger partial charge is 0.444 e. The fraction of sp³-hybridized carbons (Fsp3) is 0.692. The zero-order chi connectivity index (χ0) is 13.1. The van der Waals surface area contributed by atoms with Crippen molar-refractivity contribution < 1.29 is 14.3 Å². The molecular weight excluding hydrogens is 218 g/mol. The summed E-state index contributed by atoms with van der Waals surface area (Å²) in [5, 5.41) is 0. The molecule has 2 atom stereocenters. The molecule has 0 spiro atoms. The van der Waals surface area contributed by atoms with Gasteiger partial charge in [-0.1, -0.05) is 5.92 Å². The first kappa shape index (κ1) is 13.6. The molecule has 1 aliphatic heterocycles. The van der Waals surface area contributed by atoms with Gasteiger partial charge in [0.05, 0.1) is 12.1 Å². The SMILES string of the molecule is C#C[C@H]1CCC[C@H](C=O)N1C(=O)OC(C)(C)C. The Hall–Kier alpha value is -1.50. The van der Waals surface area contributed by atoms with Crippen molar-refractivity contribution in [3.63, 3.8) is 0 Å². The summed E-state index contributed by atoms with van der Waals surface area (Å²) in [5.41, 5.74) is -0.582. The highest BCUT2D eigenvalue weighted by molar-refractivity contribution is 5.75. The first-order valence-corrected chi connectivity index (χ1v) is 5.82. The summed E-state index contributed by atoms with van der Waals surface area (Å²) in [6.07, 6.45) is 7.90. The third kappa shape index (κ3) is 3.48. The van der Waals surface area contributed by atoms with E-state index in [1.165, 1.54) is 4.90 Å². The molecular formula is C13H19NO3. The van der Waals surface area contributed by atoms with Gasteiger partial charge >= 0.3 is 6.09 Å². The fourth-order valence-corrected chi connectivity index (χ4v) is 1.90. The quantitative estimate of drug-likeness (QED) is 0.517. The fourth-order valence-electron chi connectivity index (χ4n) is 1.90. The number of nitrogens with zero attached hydrogens (tertiary/aromatic N) is 1. The number of ether oxygens (including phenoxy) is 1. The van der Waals surface area contributed by atoms with Gasteiger partial charge < -0.3 is 9.53 Å². The number of rotatable bonds is 1. The predicted octanol–water partition coefficient (Wildman–Crippen LogP) is 1.98. The van der Waals surface area contributed by atoms with E-state index >= 15 is 0 Å². The van der Waals surface area contributed by atoms with Gasteiger partial charge in [0.15, 0.2) is 0 Å². The molecule has 1 fully saturated rings. The Kier molecular flexibility index (Phi) is 4.17. The number of aldehydes is 1. The normalized spacial score (nSPS) is 24.9. The Bertz CT molecular complexity index is 338. The van der Waals surface area contributed by atoms with E-state index in [9.17, 15) is 9.59 Å². The van der Waals surface area contributed by atoms with E-state index in [2.05, 4.69) is 5.92 Å². The van der Waals surface area contributed by atoms with Gasteiger partial charge in [-0.25, -0.2) is 4.79 Å². The molecule has 0 aromatic carbocycles. The second kappa shape index (κ2) is 5.22. The lowest BCUT2D eigenvalue weighted by atomic mass is 9.97. The highest BCUT2D eigenvalue weighted by Gasteiger charge is 2.35. The van der Waals surface area contributed by atoms with Crippen molar-refractivity contribution >= 4 is 12.4 Å². The van der Waals surface area contributed by atoms with Crippen molar-refractivity contribution in [3.05, 3.63) is 0 Å². The van der Waals surface area contributed by atoms with Gasteiger partial charge in [0, 0.05) is 0 Å². The molecule has 17 heavy (non-hydrogen) atoms. The molecule has 1 rings (SSSR count). The Morgan fingerprint density at radius 1 is 1.47 bits per heavy atom. The van der Waals surface area contributed by atoms with Crippen molar-refractivity contribution in [1.29, 1.82) is 0 Å². The zero-order valence-corrected chi connectivity index (χ0v) is 10.6. The Morgan fingerprint density at radius 3 is 2.59 bits per heavy atom. The van der Waals surface area contributed by atoms with Gasteiger partial charge in [0.1, 0.15) is 11.9 Å². The van der Waals surface area contributed by atoms with Gasteiger partial charge in [-0.3, -0.25) is 4.90 Å². The van der Waals surface area contributed by atoms with Crippen LogP contribution in [0.3, 0.4) is 0 Å². The first-order chi connectivity index (χ1) is 7.89. The molecule has 1 aliphatic rings.